The maximum Gasteiger partial charge on any atom is 0.251 e. The predicted octanol–water partition coefficient (Wildman–Crippen LogP) is 3.78. The molecule has 1 amide bonds. The normalized spacial score (nSPS) is 20.3. The van der Waals surface area contributed by atoms with Gasteiger partial charge < -0.3 is 5.32 Å². The van der Waals surface area contributed by atoms with Crippen molar-refractivity contribution in [2.75, 3.05) is 6.54 Å². The molecular formula is C19H18FNO. The quantitative estimate of drug-likeness (QED) is 0.917. The summed E-state index contributed by atoms with van der Waals surface area (Å²) in [6.07, 6.45) is 1.00. The van der Waals surface area contributed by atoms with Crippen LogP contribution < -0.4 is 5.32 Å². The summed E-state index contributed by atoms with van der Waals surface area (Å²) >= 11 is 0. The van der Waals surface area contributed by atoms with Crippen LogP contribution >= 0.6 is 0 Å². The van der Waals surface area contributed by atoms with Crippen molar-refractivity contribution in [1.29, 1.82) is 0 Å². The Labute approximate surface area is 129 Å². The van der Waals surface area contributed by atoms with Gasteiger partial charge in [-0.25, -0.2) is 4.39 Å². The van der Waals surface area contributed by atoms with Crippen molar-refractivity contribution in [3.8, 4) is 0 Å². The van der Waals surface area contributed by atoms with Gasteiger partial charge in [0.2, 0.25) is 0 Å². The van der Waals surface area contributed by atoms with Crippen LogP contribution in [0.2, 0.25) is 0 Å². The number of amides is 1. The number of nitrogens with one attached hydrogen (secondary N) is 1. The summed E-state index contributed by atoms with van der Waals surface area (Å²) in [6, 6.07) is 16.6. The molecule has 1 aliphatic carbocycles. The van der Waals surface area contributed by atoms with Crippen LogP contribution in [0.5, 0.6) is 0 Å². The van der Waals surface area contributed by atoms with E-state index < -0.39 is 5.67 Å². The third-order valence-corrected chi connectivity index (χ3v) is 4.24. The Bertz CT molecular complexity index is 710. The van der Waals surface area contributed by atoms with E-state index in [-0.39, 0.29) is 12.5 Å². The standard InChI is InChI=1S/C19H18FNO/c1-14-17-10-6-5-7-15(17)11-12-19(14,20)13-21-18(22)16-8-3-2-4-9-16/h2-10H,1,11-13H2,(H,21,22). The lowest BCUT2D eigenvalue weighted by molar-refractivity contribution is 0.0924. The molecule has 3 heteroatoms. The van der Waals surface area contributed by atoms with E-state index in [1.54, 1.807) is 24.3 Å². The first-order chi connectivity index (χ1) is 10.6. The van der Waals surface area contributed by atoms with Crippen LogP contribution in [-0.2, 0) is 6.42 Å². The number of carbonyl (C=O) groups excluding carboxylic acids is 1. The van der Waals surface area contributed by atoms with Gasteiger partial charge in [0.1, 0.15) is 0 Å². The zero-order valence-corrected chi connectivity index (χ0v) is 12.3. The topological polar surface area (TPSA) is 29.1 Å². The zero-order valence-electron chi connectivity index (χ0n) is 12.3. The van der Waals surface area contributed by atoms with Crippen molar-refractivity contribution in [3.05, 3.63) is 77.9 Å². The summed E-state index contributed by atoms with van der Waals surface area (Å²) in [5, 5.41) is 2.70. The van der Waals surface area contributed by atoms with Crippen LogP contribution in [0.1, 0.15) is 27.9 Å². The van der Waals surface area contributed by atoms with E-state index in [9.17, 15) is 4.79 Å². The van der Waals surface area contributed by atoms with Gasteiger partial charge in [-0.2, -0.15) is 0 Å². The highest BCUT2D eigenvalue weighted by Crippen LogP contribution is 2.39. The molecule has 1 N–H and O–H groups in total. The average Bonchev–Trinajstić information content (AvgIpc) is 2.57. The maximum atomic E-state index is 15.2. The third-order valence-electron chi connectivity index (χ3n) is 4.24. The summed E-state index contributed by atoms with van der Waals surface area (Å²) in [7, 11) is 0. The number of rotatable bonds is 3. The molecule has 0 bridgehead atoms. The molecule has 1 aliphatic rings. The van der Waals surface area contributed by atoms with Crippen molar-refractivity contribution in [2.24, 2.45) is 0 Å². The summed E-state index contributed by atoms with van der Waals surface area (Å²) in [5.74, 6) is -0.260. The first kappa shape index (κ1) is 14.5. The molecule has 0 aromatic heterocycles. The van der Waals surface area contributed by atoms with Gasteiger partial charge >= 0.3 is 0 Å². The molecular weight excluding hydrogens is 277 g/mol. The third kappa shape index (κ3) is 2.67. The molecule has 2 nitrogen and oxygen atoms in total. The van der Waals surface area contributed by atoms with Crippen molar-refractivity contribution >= 4 is 11.5 Å². The van der Waals surface area contributed by atoms with E-state index in [2.05, 4.69) is 11.9 Å². The molecule has 22 heavy (non-hydrogen) atoms. The minimum atomic E-state index is -1.58. The fourth-order valence-corrected chi connectivity index (χ4v) is 2.86. The highest BCUT2D eigenvalue weighted by Gasteiger charge is 2.38. The van der Waals surface area contributed by atoms with E-state index in [0.717, 1.165) is 11.1 Å². The Balaban J connectivity index is 1.73. The fraction of sp³-hybridized carbons (Fsp3) is 0.211. The molecule has 1 unspecified atom stereocenters. The van der Waals surface area contributed by atoms with Gasteiger partial charge in [0, 0.05) is 5.56 Å². The number of benzene rings is 2. The highest BCUT2D eigenvalue weighted by molar-refractivity contribution is 5.94. The van der Waals surface area contributed by atoms with E-state index >= 15 is 4.39 Å². The van der Waals surface area contributed by atoms with Crippen molar-refractivity contribution in [3.63, 3.8) is 0 Å². The average molecular weight is 295 g/mol. The number of halogens is 1. The molecule has 112 valence electrons. The van der Waals surface area contributed by atoms with Crippen molar-refractivity contribution < 1.29 is 9.18 Å². The number of fused-ring (bicyclic) bond motifs is 1. The Hall–Kier alpha value is -2.42. The van der Waals surface area contributed by atoms with Crippen molar-refractivity contribution in [2.45, 2.75) is 18.5 Å². The first-order valence-electron chi connectivity index (χ1n) is 7.40. The summed E-state index contributed by atoms with van der Waals surface area (Å²) in [4.78, 5) is 12.1. The first-order valence-corrected chi connectivity index (χ1v) is 7.40. The van der Waals surface area contributed by atoms with E-state index in [4.69, 9.17) is 0 Å². The predicted molar refractivity (Wildman–Crippen MR) is 86.4 cm³/mol. The van der Waals surface area contributed by atoms with Gasteiger partial charge in [-0.1, -0.05) is 49.0 Å². The van der Waals surface area contributed by atoms with Gasteiger partial charge in [0.25, 0.3) is 5.91 Å². The molecule has 0 saturated heterocycles. The van der Waals surface area contributed by atoms with E-state index in [1.165, 1.54) is 0 Å². The second kappa shape index (κ2) is 5.76. The number of alkyl halides is 1. The van der Waals surface area contributed by atoms with Gasteiger partial charge in [-0.15, -0.1) is 0 Å². The molecule has 2 aromatic rings. The SMILES string of the molecule is C=C1c2ccccc2CCC1(F)CNC(=O)c1ccccc1. The molecule has 0 spiro atoms. The fourth-order valence-electron chi connectivity index (χ4n) is 2.86. The Morgan fingerprint density at radius 3 is 2.59 bits per heavy atom. The lowest BCUT2D eigenvalue weighted by Crippen LogP contribution is -2.42. The van der Waals surface area contributed by atoms with Gasteiger partial charge in [-0.3, -0.25) is 4.79 Å². The van der Waals surface area contributed by atoms with Crippen LogP contribution in [0.25, 0.3) is 5.57 Å². The molecule has 0 aliphatic heterocycles. The molecule has 0 saturated carbocycles. The second-order valence-electron chi connectivity index (χ2n) is 5.65. The largest absolute Gasteiger partial charge is 0.348 e. The number of aryl methyl sites for hydroxylation is 1. The van der Waals surface area contributed by atoms with E-state index in [0.29, 0.717) is 24.0 Å². The van der Waals surface area contributed by atoms with Crippen LogP contribution in [0.3, 0.4) is 0 Å². The molecule has 0 heterocycles. The summed E-state index contributed by atoms with van der Waals surface area (Å²) in [6.45, 7) is 3.89. The molecule has 3 rings (SSSR count). The lowest BCUT2D eigenvalue weighted by Gasteiger charge is -2.33. The Kier molecular flexibility index (Phi) is 3.80. The Morgan fingerprint density at radius 1 is 1.14 bits per heavy atom. The molecule has 2 aromatic carbocycles. The van der Waals surface area contributed by atoms with E-state index in [1.807, 2.05) is 30.3 Å². The Morgan fingerprint density at radius 2 is 1.82 bits per heavy atom. The highest BCUT2D eigenvalue weighted by atomic mass is 19.1. The summed E-state index contributed by atoms with van der Waals surface area (Å²) in [5.41, 5.74) is 1.40. The lowest BCUT2D eigenvalue weighted by atomic mass is 9.78. The van der Waals surface area contributed by atoms with Crippen LogP contribution in [0, 0.1) is 0 Å². The smallest absolute Gasteiger partial charge is 0.251 e. The number of carbonyl (C=O) groups is 1. The van der Waals surface area contributed by atoms with Crippen LogP contribution in [0.4, 0.5) is 4.39 Å². The minimum absolute atomic E-state index is 0.0477. The second-order valence-corrected chi connectivity index (χ2v) is 5.65. The zero-order chi connectivity index (χ0) is 15.6. The molecule has 0 radical (unpaired) electrons. The van der Waals surface area contributed by atoms with Gasteiger partial charge in [0.05, 0.1) is 6.54 Å². The van der Waals surface area contributed by atoms with Gasteiger partial charge in [-0.05, 0) is 41.7 Å². The number of hydrogen-bond acceptors (Lipinski definition) is 1. The number of hydrogen-bond donors (Lipinski definition) is 1. The minimum Gasteiger partial charge on any atom is -0.348 e. The maximum absolute atomic E-state index is 15.2. The summed E-state index contributed by atoms with van der Waals surface area (Å²) < 4.78 is 15.2. The monoisotopic (exact) mass is 295 g/mol. The van der Waals surface area contributed by atoms with Gasteiger partial charge in [0.15, 0.2) is 5.67 Å². The van der Waals surface area contributed by atoms with Crippen LogP contribution in [-0.4, -0.2) is 18.1 Å². The molecule has 0 fully saturated rings. The van der Waals surface area contributed by atoms with Crippen molar-refractivity contribution in [1.82, 2.24) is 5.32 Å². The van der Waals surface area contributed by atoms with Crippen LogP contribution in [0.15, 0.2) is 61.2 Å². The molecule has 1 atom stereocenters.